The van der Waals surface area contributed by atoms with Gasteiger partial charge < -0.3 is 20.1 Å². The monoisotopic (exact) mass is 353 g/mol. The van der Waals surface area contributed by atoms with Gasteiger partial charge in [0.05, 0.1) is 31.0 Å². The molecule has 0 aliphatic heterocycles. The molecule has 0 spiro atoms. The van der Waals surface area contributed by atoms with Crippen molar-refractivity contribution in [3.63, 3.8) is 0 Å². The topological polar surface area (TPSA) is 113 Å². The van der Waals surface area contributed by atoms with Crippen molar-refractivity contribution in [2.24, 2.45) is 5.92 Å². The Balaban J connectivity index is 1.60. The summed E-state index contributed by atoms with van der Waals surface area (Å²) in [6.45, 7) is 0. The minimum absolute atomic E-state index is 0.130. The predicted molar refractivity (Wildman–Crippen MR) is 93.6 cm³/mol. The smallest absolute Gasteiger partial charge is 0.287 e. The number of amides is 1. The van der Waals surface area contributed by atoms with Gasteiger partial charge in [-0.15, -0.1) is 0 Å². The molecule has 1 fully saturated rings. The number of methoxy groups -OCH3 is 1. The van der Waals surface area contributed by atoms with E-state index in [-0.39, 0.29) is 29.8 Å². The number of hydrogen-bond acceptors (Lipinski definition) is 6. The first-order valence-corrected chi connectivity index (χ1v) is 8.42. The number of carbonyl (C=O) groups is 1. The molecule has 1 atom stereocenters. The van der Waals surface area contributed by atoms with Crippen LogP contribution in [0.1, 0.15) is 35.1 Å². The number of H-pyrrole nitrogens is 1. The van der Waals surface area contributed by atoms with E-state index in [0.29, 0.717) is 29.8 Å². The van der Waals surface area contributed by atoms with E-state index in [1.807, 2.05) is 12.1 Å². The fraction of sp³-hybridized carbons (Fsp3) is 0.333. The summed E-state index contributed by atoms with van der Waals surface area (Å²) in [5, 5.41) is 12.7. The third-order valence-electron chi connectivity index (χ3n) is 4.71. The van der Waals surface area contributed by atoms with Crippen LogP contribution in [-0.4, -0.2) is 44.2 Å². The molecule has 1 amide bonds. The highest BCUT2D eigenvalue weighted by Gasteiger charge is 2.36. The number of imidazole rings is 1. The van der Waals surface area contributed by atoms with Gasteiger partial charge in [-0.25, -0.2) is 9.97 Å². The van der Waals surface area contributed by atoms with Crippen LogP contribution in [-0.2, 0) is 0 Å². The van der Waals surface area contributed by atoms with Gasteiger partial charge in [0.15, 0.2) is 11.5 Å². The maximum atomic E-state index is 12.7. The third kappa shape index (κ3) is 3.11. The summed E-state index contributed by atoms with van der Waals surface area (Å²) in [7, 11) is 1.57. The van der Waals surface area contributed by atoms with Crippen molar-refractivity contribution in [3.05, 3.63) is 48.2 Å². The zero-order chi connectivity index (χ0) is 18.1. The Labute approximate surface area is 149 Å². The van der Waals surface area contributed by atoms with E-state index >= 15 is 0 Å². The highest BCUT2D eigenvalue weighted by atomic mass is 16.5. The Bertz CT molecular complexity index is 902. The van der Waals surface area contributed by atoms with Crippen molar-refractivity contribution in [1.29, 1.82) is 0 Å². The van der Waals surface area contributed by atoms with Crippen molar-refractivity contribution in [3.8, 4) is 5.75 Å². The Morgan fingerprint density at radius 1 is 1.42 bits per heavy atom. The molecule has 8 heteroatoms. The number of fused-ring (bicyclic) bond motifs is 1. The van der Waals surface area contributed by atoms with E-state index in [1.54, 1.807) is 31.8 Å². The molecule has 8 nitrogen and oxygen atoms in total. The second-order valence-corrected chi connectivity index (χ2v) is 6.45. The molecule has 3 aromatic heterocycles. The van der Waals surface area contributed by atoms with Gasteiger partial charge in [-0.05, 0) is 42.5 Å². The van der Waals surface area contributed by atoms with Gasteiger partial charge in [0, 0.05) is 12.4 Å². The number of rotatable bonds is 5. The maximum Gasteiger partial charge on any atom is 0.287 e. The van der Waals surface area contributed by atoms with Gasteiger partial charge in [0.1, 0.15) is 5.75 Å². The highest BCUT2D eigenvalue weighted by molar-refractivity contribution is 5.93. The molecular weight excluding hydrogens is 334 g/mol. The molecule has 3 heterocycles. The van der Waals surface area contributed by atoms with E-state index < -0.39 is 0 Å². The largest absolute Gasteiger partial charge is 0.495 e. The molecule has 3 aromatic rings. The van der Waals surface area contributed by atoms with Crippen LogP contribution < -0.4 is 10.1 Å². The van der Waals surface area contributed by atoms with E-state index in [9.17, 15) is 9.90 Å². The van der Waals surface area contributed by atoms with Crippen LogP contribution in [0.15, 0.2) is 36.8 Å². The minimum atomic E-state index is -0.326. The number of carbonyl (C=O) groups excluding carboxylic acids is 1. The Kier molecular flexibility index (Phi) is 4.26. The molecule has 0 radical (unpaired) electrons. The average Bonchev–Trinajstić information content (AvgIpc) is 3.08. The highest BCUT2D eigenvalue weighted by Crippen LogP contribution is 2.38. The van der Waals surface area contributed by atoms with Gasteiger partial charge in [-0.1, -0.05) is 0 Å². The lowest BCUT2D eigenvalue weighted by Gasteiger charge is -2.38. The number of aromatic nitrogens is 4. The van der Waals surface area contributed by atoms with E-state index in [0.717, 1.165) is 5.56 Å². The molecule has 0 bridgehead atoms. The number of aromatic amines is 1. The summed E-state index contributed by atoms with van der Waals surface area (Å²) in [4.78, 5) is 28.3. The molecule has 4 rings (SSSR count). The first-order valence-electron chi connectivity index (χ1n) is 8.42. The lowest BCUT2D eigenvalue weighted by molar-refractivity contribution is 0.0233. The zero-order valence-corrected chi connectivity index (χ0v) is 14.2. The molecule has 1 aliphatic rings. The molecule has 0 aromatic carbocycles. The van der Waals surface area contributed by atoms with Crippen molar-refractivity contribution in [1.82, 2.24) is 25.3 Å². The van der Waals surface area contributed by atoms with Gasteiger partial charge >= 0.3 is 0 Å². The normalized spacial score (nSPS) is 20.4. The Morgan fingerprint density at radius 3 is 3.00 bits per heavy atom. The summed E-state index contributed by atoms with van der Waals surface area (Å²) in [5.74, 6) is 0.636. The molecule has 134 valence electrons. The lowest BCUT2D eigenvalue weighted by atomic mass is 9.75. The first-order chi connectivity index (χ1) is 12.6. The van der Waals surface area contributed by atoms with Gasteiger partial charge in [-0.3, -0.25) is 9.78 Å². The summed E-state index contributed by atoms with van der Waals surface area (Å²) >= 11 is 0. The van der Waals surface area contributed by atoms with E-state index in [2.05, 4.69) is 25.3 Å². The summed E-state index contributed by atoms with van der Waals surface area (Å²) in [6.07, 6.45) is 5.88. The van der Waals surface area contributed by atoms with Crippen LogP contribution in [0.5, 0.6) is 5.75 Å². The quantitative estimate of drug-likeness (QED) is 0.642. The number of nitrogens with one attached hydrogen (secondary N) is 2. The molecule has 0 saturated heterocycles. The van der Waals surface area contributed by atoms with E-state index in [1.165, 1.54) is 0 Å². The van der Waals surface area contributed by atoms with Gasteiger partial charge in [0.25, 0.3) is 5.91 Å². The van der Waals surface area contributed by atoms with Crippen LogP contribution >= 0.6 is 0 Å². The molecule has 26 heavy (non-hydrogen) atoms. The van der Waals surface area contributed by atoms with Crippen molar-refractivity contribution < 1.29 is 14.6 Å². The lowest BCUT2D eigenvalue weighted by Crippen LogP contribution is -2.41. The predicted octanol–water partition coefficient (Wildman–Crippen LogP) is 1.60. The number of hydrogen-bond donors (Lipinski definition) is 3. The fourth-order valence-electron chi connectivity index (χ4n) is 3.25. The minimum Gasteiger partial charge on any atom is -0.495 e. The zero-order valence-electron chi connectivity index (χ0n) is 14.2. The Morgan fingerprint density at radius 2 is 2.27 bits per heavy atom. The second kappa shape index (κ2) is 6.72. The molecule has 3 N–H and O–H groups in total. The number of aliphatic hydroxyl groups is 1. The van der Waals surface area contributed by atoms with Gasteiger partial charge in [0.2, 0.25) is 0 Å². The summed E-state index contributed by atoms with van der Waals surface area (Å²) in [6, 6.07) is 5.17. The average molecular weight is 353 g/mol. The SMILES string of the molecule is COc1cncc([C@H](NC(=O)c2nc3ncccc3[nH]2)C2CC(O)C2)c1. The molecular formula is C18H19N5O3. The standard InChI is InChI=1S/C18H19N5O3/c1-26-13-7-11(8-19-9-13)15(10-5-12(24)6-10)22-18(25)17-21-14-3-2-4-20-16(14)23-17/h2-4,7-10,12,15,24H,5-6H2,1H3,(H,22,25)(H,20,21,23)/t10?,12?,15-/m1/s1. The third-order valence-corrected chi connectivity index (χ3v) is 4.71. The first kappa shape index (κ1) is 16.5. The van der Waals surface area contributed by atoms with Crippen LogP contribution in [0.25, 0.3) is 11.2 Å². The number of aliphatic hydroxyl groups excluding tert-OH is 1. The van der Waals surface area contributed by atoms with Crippen LogP contribution in [0.3, 0.4) is 0 Å². The van der Waals surface area contributed by atoms with E-state index in [4.69, 9.17) is 4.74 Å². The summed E-state index contributed by atoms with van der Waals surface area (Å²) < 4.78 is 5.24. The molecule has 0 unspecified atom stereocenters. The van der Waals surface area contributed by atoms with Crippen molar-refractivity contribution >= 4 is 17.1 Å². The number of pyridine rings is 2. The van der Waals surface area contributed by atoms with Gasteiger partial charge in [-0.2, -0.15) is 0 Å². The Hall–Kier alpha value is -3.00. The van der Waals surface area contributed by atoms with Crippen LogP contribution in [0.2, 0.25) is 0 Å². The molecule has 1 aliphatic carbocycles. The van der Waals surface area contributed by atoms with Crippen molar-refractivity contribution in [2.75, 3.05) is 7.11 Å². The van der Waals surface area contributed by atoms with Crippen LogP contribution in [0.4, 0.5) is 0 Å². The number of ether oxygens (including phenoxy) is 1. The second-order valence-electron chi connectivity index (χ2n) is 6.45. The number of nitrogens with zero attached hydrogens (tertiary/aromatic N) is 3. The fourth-order valence-corrected chi connectivity index (χ4v) is 3.25. The van der Waals surface area contributed by atoms with Crippen molar-refractivity contribution in [2.45, 2.75) is 25.0 Å². The molecule has 1 saturated carbocycles. The van der Waals surface area contributed by atoms with Crippen LogP contribution in [0, 0.1) is 5.92 Å². The summed E-state index contributed by atoms with van der Waals surface area (Å²) in [5.41, 5.74) is 2.04. The maximum absolute atomic E-state index is 12.7.